The van der Waals surface area contributed by atoms with E-state index in [1.54, 1.807) is 7.05 Å². The van der Waals surface area contributed by atoms with Gasteiger partial charge in [-0.05, 0) is 18.6 Å². The highest BCUT2D eigenvalue weighted by molar-refractivity contribution is 4.88. The second-order valence-corrected chi connectivity index (χ2v) is 4.15. The molecule has 1 saturated heterocycles. The van der Waals surface area contributed by atoms with Crippen LogP contribution in [0.5, 0.6) is 0 Å². The van der Waals surface area contributed by atoms with Gasteiger partial charge in [-0.1, -0.05) is 0 Å². The molecule has 1 atom stereocenters. The molecule has 1 aromatic rings. The monoisotopic (exact) mass is 197 g/mol. The molecule has 0 saturated carbocycles. The van der Waals surface area contributed by atoms with Gasteiger partial charge in [0.15, 0.2) is 5.82 Å². The van der Waals surface area contributed by atoms with Gasteiger partial charge < -0.3 is 5.11 Å². The van der Waals surface area contributed by atoms with Gasteiger partial charge in [0.25, 0.3) is 0 Å². The van der Waals surface area contributed by atoms with Gasteiger partial charge in [-0.3, -0.25) is 4.90 Å². The van der Waals surface area contributed by atoms with E-state index in [9.17, 15) is 5.11 Å². The number of tetrazole rings is 1. The molecule has 0 aliphatic carbocycles. The molecule has 1 aliphatic heterocycles. The molecule has 78 valence electrons. The number of nitrogens with zero attached hydrogens (tertiary/aromatic N) is 5. The summed E-state index contributed by atoms with van der Waals surface area (Å²) in [4.78, 5) is 3.58. The third-order valence-electron chi connectivity index (χ3n) is 2.45. The van der Waals surface area contributed by atoms with Crippen molar-refractivity contribution in [3.05, 3.63) is 5.82 Å². The van der Waals surface area contributed by atoms with Crippen LogP contribution < -0.4 is 0 Å². The summed E-state index contributed by atoms with van der Waals surface area (Å²) in [5.41, 5.74) is -0.553. The number of hydrogen-bond acceptors (Lipinski definition) is 5. The zero-order valence-electron chi connectivity index (χ0n) is 8.51. The average molecular weight is 197 g/mol. The minimum atomic E-state index is -0.553. The molecule has 1 unspecified atom stereocenters. The van der Waals surface area contributed by atoms with Crippen molar-refractivity contribution in [3.63, 3.8) is 0 Å². The first-order chi connectivity index (χ1) is 6.55. The summed E-state index contributed by atoms with van der Waals surface area (Å²) in [7, 11) is 1.75. The lowest BCUT2D eigenvalue weighted by Crippen LogP contribution is -2.29. The first-order valence-electron chi connectivity index (χ1n) is 4.73. The maximum absolute atomic E-state index is 9.74. The van der Waals surface area contributed by atoms with Crippen LogP contribution in [0.4, 0.5) is 0 Å². The van der Waals surface area contributed by atoms with Crippen molar-refractivity contribution in [1.29, 1.82) is 0 Å². The molecule has 0 bridgehead atoms. The van der Waals surface area contributed by atoms with Crippen molar-refractivity contribution in [1.82, 2.24) is 25.1 Å². The number of aliphatic hydroxyl groups is 1. The molecule has 1 aromatic heterocycles. The summed E-state index contributed by atoms with van der Waals surface area (Å²) in [6.07, 6.45) is 0.813. The Kier molecular flexibility index (Phi) is 2.24. The van der Waals surface area contributed by atoms with Crippen LogP contribution in [0.3, 0.4) is 0 Å². The van der Waals surface area contributed by atoms with E-state index in [2.05, 4.69) is 20.3 Å². The summed E-state index contributed by atoms with van der Waals surface area (Å²) >= 11 is 0. The van der Waals surface area contributed by atoms with Gasteiger partial charge in [-0.25, -0.2) is 0 Å². The molecule has 6 nitrogen and oxygen atoms in total. The molecule has 1 N–H and O–H groups in total. The molecule has 6 heteroatoms. The Morgan fingerprint density at radius 2 is 2.36 bits per heavy atom. The lowest BCUT2D eigenvalue weighted by atomic mass is 10.1. The maximum atomic E-state index is 9.74. The minimum absolute atomic E-state index is 0.553. The van der Waals surface area contributed by atoms with Crippen molar-refractivity contribution in [2.75, 3.05) is 13.1 Å². The SMILES string of the molecule is Cn1nnc(CN2CCC(C)(O)C2)n1. The van der Waals surface area contributed by atoms with Crippen LogP contribution in [0.25, 0.3) is 0 Å². The number of aromatic nitrogens is 4. The Labute approximate surface area is 82.5 Å². The average Bonchev–Trinajstić information content (AvgIpc) is 2.59. The van der Waals surface area contributed by atoms with Crippen LogP contribution in [-0.4, -0.2) is 48.9 Å². The fourth-order valence-corrected chi connectivity index (χ4v) is 1.76. The highest BCUT2D eigenvalue weighted by Gasteiger charge is 2.31. The lowest BCUT2D eigenvalue weighted by Gasteiger charge is -2.16. The summed E-state index contributed by atoms with van der Waals surface area (Å²) in [5.74, 6) is 0.713. The predicted molar refractivity (Wildman–Crippen MR) is 49.3 cm³/mol. The topological polar surface area (TPSA) is 67.1 Å². The van der Waals surface area contributed by atoms with Crippen molar-refractivity contribution < 1.29 is 5.11 Å². The van der Waals surface area contributed by atoms with E-state index in [0.717, 1.165) is 13.0 Å². The van der Waals surface area contributed by atoms with Crippen LogP contribution in [0, 0.1) is 0 Å². The van der Waals surface area contributed by atoms with E-state index in [4.69, 9.17) is 0 Å². The largest absolute Gasteiger partial charge is 0.389 e. The van der Waals surface area contributed by atoms with E-state index in [0.29, 0.717) is 18.9 Å². The fourth-order valence-electron chi connectivity index (χ4n) is 1.76. The fraction of sp³-hybridized carbons (Fsp3) is 0.875. The van der Waals surface area contributed by atoms with E-state index in [1.807, 2.05) is 6.92 Å². The van der Waals surface area contributed by atoms with Gasteiger partial charge in [0.2, 0.25) is 0 Å². The molecule has 0 amide bonds. The Balaban J connectivity index is 1.94. The second kappa shape index (κ2) is 3.29. The highest BCUT2D eigenvalue weighted by Crippen LogP contribution is 2.20. The van der Waals surface area contributed by atoms with Crippen molar-refractivity contribution >= 4 is 0 Å². The molecule has 2 heterocycles. The van der Waals surface area contributed by atoms with Crippen molar-refractivity contribution in [2.45, 2.75) is 25.5 Å². The van der Waals surface area contributed by atoms with E-state index in [-0.39, 0.29) is 0 Å². The van der Waals surface area contributed by atoms with Crippen molar-refractivity contribution in [2.24, 2.45) is 7.05 Å². The summed E-state index contributed by atoms with van der Waals surface area (Å²) in [5, 5.41) is 21.5. The van der Waals surface area contributed by atoms with Crippen LogP contribution in [0.15, 0.2) is 0 Å². The Morgan fingerprint density at radius 1 is 1.57 bits per heavy atom. The number of likely N-dealkylation sites (tertiary alicyclic amines) is 1. The normalized spacial score (nSPS) is 28.5. The molecule has 0 radical (unpaired) electrons. The zero-order chi connectivity index (χ0) is 10.2. The molecule has 1 fully saturated rings. The van der Waals surface area contributed by atoms with E-state index < -0.39 is 5.60 Å². The molecule has 0 aromatic carbocycles. The summed E-state index contributed by atoms with van der Waals surface area (Å²) < 4.78 is 0. The minimum Gasteiger partial charge on any atom is -0.389 e. The van der Waals surface area contributed by atoms with Gasteiger partial charge in [-0.15, -0.1) is 10.2 Å². The number of rotatable bonds is 2. The predicted octanol–water partition coefficient (Wildman–Crippen LogP) is -0.833. The summed E-state index contributed by atoms with van der Waals surface area (Å²) in [6.45, 7) is 4.11. The lowest BCUT2D eigenvalue weighted by molar-refractivity contribution is 0.0676. The summed E-state index contributed by atoms with van der Waals surface area (Å²) in [6, 6.07) is 0. The van der Waals surface area contributed by atoms with Gasteiger partial charge in [0, 0.05) is 13.1 Å². The third kappa shape index (κ3) is 2.08. The standard InChI is InChI=1S/C8H15N5O/c1-8(14)3-4-13(6-8)5-7-9-11-12(2)10-7/h14H,3-6H2,1-2H3. The van der Waals surface area contributed by atoms with Gasteiger partial charge >= 0.3 is 0 Å². The van der Waals surface area contributed by atoms with Crippen LogP contribution >= 0.6 is 0 Å². The molecule has 14 heavy (non-hydrogen) atoms. The van der Waals surface area contributed by atoms with E-state index in [1.165, 1.54) is 4.80 Å². The quantitative estimate of drug-likeness (QED) is 0.670. The van der Waals surface area contributed by atoms with E-state index >= 15 is 0 Å². The van der Waals surface area contributed by atoms with Gasteiger partial charge in [0.1, 0.15) is 0 Å². The Morgan fingerprint density at radius 3 is 2.86 bits per heavy atom. The highest BCUT2D eigenvalue weighted by atomic mass is 16.3. The molecular formula is C8H15N5O. The smallest absolute Gasteiger partial charge is 0.188 e. The van der Waals surface area contributed by atoms with Crippen LogP contribution in [0.1, 0.15) is 19.2 Å². The first-order valence-corrected chi connectivity index (χ1v) is 4.73. The van der Waals surface area contributed by atoms with Crippen LogP contribution in [-0.2, 0) is 13.6 Å². The molecule has 2 rings (SSSR count). The molecule has 0 spiro atoms. The third-order valence-corrected chi connectivity index (χ3v) is 2.45. The maximum Gasteiger partial charge on any atom is 0.188 e. The number of aryl methyl sites for hydroxylation is 1. The second-order valence-electron chi connectivity index (χ2n) is 4.15. The molecule has 1 aliphatic rings. The number of hydrogen-bond donors (Lipinski definition) is 1. The Hall–Kier alpha value is -1.01. The zero-order valence-corrected chi connectivity index (χ0v) is 8.51. The van der Waals surface area contributed by atoms with Gasteiger partial charge in [-0.2, -0.15) is 4.80 Å². The first kappa shape index (κ1) is 9.54. The van der Waals surface area contributed by atoms with Gasteiger partial charge in [0.05, 0.1) is 19.2 Å². The molecular weight excluding hydrogens is 182 g/mol. The van der Waals surface area contributed by atoms with Crippen molar-refractivity contribution in [3.8, 4) is 0 Å². The van der Waals surface area contributed by atoms with Crippen LogP contribution in [0.2, 0.25) is 0 Å². The Bertz CT molecular complexity index is 321. The number of β-amino-alcohol motifs (C(OH)–C–C–N with tert-alkyl or cyclic N) is 1.